The molecule has 0 spiro atoms. The summed E-state index contributed by atoms with van der Waals surface area (Å²) in [6.07, 6.45) is 7.02. The molecule has 1 unspecified atom stereocenters. The van der Waals surface area contributed by atoms with Gasteiger partial charge in [-0.3, -0.25) is 0 Å². The molecule has 0 aliphatic heterocycles. The van der Waals surface area contributed by atoms with Gasteiger partial charge in [0.15, 0.2) is 5.41 Å². The molecule has 0 heterocycles. The van der Waals surface area contributed by atoms with Gasteiger partial charge < -0.3 is 9.47 Å². The van der Waals surface area contributed by atoms with Gasteiger partial charge in [-0.05, 0) is 55.2 Å². The van der Waals surface area contributed by atoms with Crippen molar-refractivity contribution in [3.05, 3.63) is 48.5 Å². The maximum atomic E-state index is 12.4. The first kappa shape index (κ1) is 23.5. The van der Waals surface area contributed by atoms with Crippen molar-refractivity contribution in [3.63, 3.8) is 0 Å². The number of esters is 1. The quantitative estimate of drug-likeness (QED) is 0.217. The summed E-state index contributed by atoms with van der Waals surface area (Å²) in [5, 5.41) is 9.41. The minimum absolute atomic E-state index is 0.453. The number of nitrogens with zero attached hydrogens (tertiary/aromatic N) is 1. The van der Waals surface area contributed by atoms with Gasteiger partial charge in [0, 0.05) is 0 Å². The Morgan fingerprint density at radius 2 is 1.43 bits per heavy atom. The van der Waals surface area contributed by atoms with Crippen LogP contribution < -0.4 is 9.47 Å². The number of hydrogen-bond donors (Lipinski definition) is 0. The van der Waals surface area contributed by atoms with Crippen LogP contribution in [0.2, 0.25) is 0 Å². The van der Waals surface area contributed by atoms with E-state index in [0.717, 1.165) is 42.7 Å². The van der Waals surface area contributed by atoms with E-state index in [1.54, 1.807) is 19.1 Å². The molecule has 4 heteroatoms. The second-order valence-electron chi connectivity index (χ2n) is 7.89. The zero-order valence-electron chi connectivity index (χ0n) is 18.4. The average Bonchev–Trinajstić information content (AvgIpc) is 2.78. The molecule has 0 saturated heterocycles. The van der Waals surface area contributed by atoms with Gasteiger partial charge in [-0.25, -0.2) is 4.79 Å². The lowest BCUT2D eigenvalue weighted by molar-refractivity contribution is -0.142. The first-order valence-electron chi connectivity index (χ1n) is 11.0. The van der Waals surface area contributed by atoms with Crippen LogP contribution >= 0.6 is 0 Å². The first-order valence-corrected chi connectivity index (χ1v) is 11.0. The fourth-order valence-electron chi connectivity index (χ4n) is 3.13. The number of carbonyl (C=O) groups is 1. The zero-order chi connectivity index (χ0) is 21.8. The number of carbonyl (C=O) groups excluding carboxylic acids is 1. The summed E-state index contributed by atoms with van der Waals surface area (Å²) in [5.41, 5.74) is 0.982. The molecule has 4 nitrogen and oxygen atoms in total. The van der Waals surface area contributed by atoms with Crippen molar-refractivity contribution in [1.82, 2.24) is 0 Å². The fraction of sp³-hybridized carbons (Fsp3) is 0.462. The third-order valence-corrected chi connectivity index (χ3v) is 5.25. The molecule has 2 aromatic carbocycles. The SMILES string of the molecule is CCCCCCOc1ccc(-c2ccc(OC(=O)C(C)(C#N)CCCC)cc2)cc1. The molecule has 0 N–H and O–H groups in total. The van der Waals surface area contributed by atoms with Gasteiger partial charge in [-0.15, -0.1) is 0 Å². The second-order valence-corrected chi connectivity index (χ2v) is 7.89. The molecule has 30 heavy (non-hydrogen) atoms. The Balaban J connectivity index is 1.94. The van der Waals surface area contributed by atoms with E-state index in [1.807, 2.05) is 43.3 Å². The second kappa shape index (κ2) is 12.0. The Hall–Kier alpha value is -2.80. The molecule has 2 rings (SSSR count). The molecule has 0 aliphatic carbocycles. The Bertz CT molecular complexity index is 821. The smallest absolute Gasteiger partial charge is 0.331 e. The molecule has 0 saturated carbocycles. The number of hydrogen-bond acceptors (Lipinski definition) is 4. The third-order valence-electron chi connectivity index (χ3n) is 5.25. The number of nitriles is 1. The van der Waals surface area contributed by atoms with Crippen LogP contribution in [-0.2, 0) is 4.79 Å². The number of unbranched alkanes of at least 4 members (excludes halogenated alkanes) is 4. The predicted octanol–water partition coefficient (Wildman–Crippen LogP) is 6.94. The Morgan fingerprint density at radius 1 is 0.867 bits per heavy atom. The zero-order valence-corrected chi connectivity index (χ0v) is 18.4. The van der Waals surface area contributed by atoms with E-state index < -0.39 is 11.4 Å². The summed E-state index contributed by atoms with van der Waals surface area (Å²) in [6.45, 7) is 6.63. The van der Waals surface area contributed by atoms with Crippen molar-refractivity contribution in [2.75, 3.05) is 6.61 Å². The van der Waals surface area contributed by atoms with Gasteiger partial charge >= 0.3 is 5.97 Å². The molecule has 160 valence electrons. The molecule has 0 amide bonds. The highest BCUT2D eigenvalue weighted by Gasteiger charge is 2.34. The molecule has 2 aromatic rings. The van der Waals surface area contributed by atoms with Crippen LogP contribution in [0, 0.1) is 16.7 Å². The lowest BCUT2D eigenvalue weighted by atomic mass is 9.87. The average molecular weight is 408 g/mol. The first-order chi connectivity index (χ1) is 14.5. The molecule has 0 aliphatic rings. The Kier molecular flexibility index (Phi) is 9.41. The van der Waals surface area contributed by atoms with E-state index in [9.17, 15) is 10.1 Å². The number of rotatable bonds is 12. The summed E-state index contributed by atoms with van der Waals surface area (Å²) in [6, 6.07) is 17.5. The van der Waals surface area contributed by atoms with E-state index in [-0.39, 0.29) is 0 Å². The van der Waals surface area contributed by atoms with Crippen LogP contribution in [0.5, 0.6) is 11.5 Å². The highest BCUT2D eigenvalue weighted by atomic mass is 16.5. The van der Waals surface area contributed by atoms with Crippen molar-refractivity contribution >= 4 is 5.97 Å². The van der Waals surface area contributed by atoms with Crippen molar-refractivity contribution < 1.29 is 14.3 Å². The van der Waals surface area contributed by atoms with Crippen LogP contribution in [0.1, 0.15) is 65.7 Å². The lowest BCUT2D eigenvalue weighted by Gasteiger charge is -2.19. The van der Waals surface area contributed by atoms with Crippen LogP contribution in [0.4, 0.5) is 0 Å². The molecule has 0 radical (unpaired) electrons. The lowest BCUT2D eigenvalue weighted by Crippen LogP contribution is -2.30. The highest BCUT2D eigenvalue weighted by molar-refractivity contribution is 5.81. The standard InChI is InChI=1S/C26H33NO3/c1-4-6-8-9-19-29-23-14-10-21(11-15-23)22-12-16-24(17-13-22)30-25(28)26(3,20-27)18-7-5-2/h10-17H,4-9,18-19H2,1-3H3. The topological polar surface area (TPSA) is 59.3 Å². The van der Waals surface area contributed by atoms with Crippen LogP contribution in [0.15, 0.2) is 48.5 Å². The normalized spacial score (nSPS) is 12.6. The third kappa shape index (κ3) is 6.91. The van der Waals surface area contributed by atoms with Crippen molar-refractivity contribution in [1.29, 1.82) is 5.26 Å². The molecule has 0 bridgehead atoms. The van der Waals surface area contributed by atoms with Gasteiger partial charge in [0.1, 0.15) is 11.5 Å². The monoisotopic (exact) mass is 407 g/mol. The maximum Gasteiger partial charge on any atom is 0.331 e. The number of benzene rings is 2. The predicted molar refractivity (Wildman–Crippen MR) is 120 cm³/mol. The Labute approximate surface area is 180 Å². The van der Waals surface area contributed by atoms with E-state index in [2.05, 4.69) is 13.0 Å². The molecule has 0 aromatic heterocycles. The fourth-order valence-corrected chi connectivity index (χ4v) is 3.13. The van der Waals surface area contributed by atoms with Gasteiger partial charge in [0.2, 0.25) is 0 Å². The van der Waals surface area contributed by atoms with Gasteiger partial charge in [0.25, 0.3) is 0 Å². The minimum atomic E-state index is -1.11. The van der Waals surface area contributed by atoms with E-state index >= 15 is 0 Å². The van der Waals surface area contributed by atoms with Crippen LogP contribution in [0.3, 0.4) is 0 Å². The van der Waals surface area contributed by atoms with Gasteiger partial charge in [-0.1, -0.05) is 70.2 Å². The van der Waals surface area contributed by atoms with Gasteiger partial charge in [0.05, 0.1) is 12.7 Å². The van der Waals surface area contributed by atoms with E-state index in [4.69, 9.17) is 9.47 Å². The largest absolute Gasteiger partial charge is 0.494 e. The summed E-state index contributed by atoms with van der Waals surface area (Å²) in [4.78, 5) is 12.4. The van der Waals surface area contributed by atoms with Gasteiger partial charge in [-0.2, -0.15) is 5.26 Å². The van der Waals surface area contributed by atoms with Crippen LogP contribution in [0.25, 0.3) is 11.1 Å². The Morgan fingerprint density at radius 3 is 1.97 bits per heavy atom. The summed E-state index contributed by atoms with van der Waals surface area (Å²) in [5.74, 6) is 0.837. The highest BCUT2D eigenvalue weighted by Crippen LogP contribution is 2.28. The van der Waals surface area contributed by atoms with Crippen molar-refractivity contribution in [3.8, 4) is 28.7 Å². The van der Waals surface area contributed by atoms with Crippen molar-refractivity contribution in [2.45, 2.75) is 65.7 Å². The van der Waals surface area contributed by atoms with E-state index in [1.165, 1.54) is 19.3 Å². The molecule has 1 atom stereocenters. The van der Waals surface area contributed by atoms with Crippen LogP contribution in [-0.4, -0.2) is 12.6 Å². The summed E-state index contributed by atoms with van der Waals surface area (Å²) >= 11 is 0. The summed E-state index contributed by atoms with van der Waals surface area (Å²) in [7, 11) is 0. The number of ether oxygens (including phenoxy) is 2. The maximum absolute atomic E-state index is 12.4. The van der Waals surface area contributed by atoms with Crippen molar-refractivity contribution in [2.24, 2.45) is 5.41 Å². The molecular weight excluding hydrogens is 374 g/mol. The van der Waals surface area contributed by atoms with E-state index in [0.29, 0.717) is 12.2 Å². The molecular formula is C26H33NO3. The summed E-state index contributed by atoms with van der Waals surface area (Å²) < 4.78 is 11.3. The minimum Gasteiger partial charge on any atom is -0.494 e. The molecule has 0 fully saturated rings.